The number of nitrogens with zero attached hydrogens (tertiary/aromatic N) is 5. The van der Waals surface area contributed by atoms with Gasteiger partial charge in [0, 0.05) is 67.6 Å². The molecule has 0 radical (unpaired) electrons. The molecule has 0 spiro atoms. The fraction of sp³-hybridized carbons (Fsp3) is 0.595. The van der Waals surface area contributed by atoms with Gasteiger partial charge in [0.1, 0.15) is 12.4 Å². The Morgan fingerprint density at radius 2 is 1.96 bits per heavy atom. The summed E-state index contributed by atoms with van der Waals surface area (Å²) in [6.45, 7) is 8.80. The Bertz CT molecular complexity index is 1470. The monoisotopic (exact) mass is 726 g/mol. The lowest BCUT2D eigenvalue weighted by atomic mass is 9.86. The SMILES string of the molecule is CCCN(CCc1cccs1)C1CCc2c(cccc2OCCn2cc(CCCC(=O)NCCN(CCSCCC(=O)O)C(=O)CC)nn2)C1. The van der Waals surface area contributed by atoms with Crippen LogP contribution in [0.4, 0.5) is 0 Å². The van der Waals surface area contributed by atoms with Crippen molar-refractivity contribution in [3.63, 3.8) is 0 Å². The molecule has 2 aromatic heterocycles. The fourth-order valence-corrected chi connectivity index (χ4v) is 7.92. The highest BCUT2D eigenvalue weighted by Crippen LogP contribution is 2.32. The van der Waals surface area contributed by atoms with Crippen LogP contribution in [-0.2, 0) is 46.6 Å². The second-order valence-electron chi connectivity index (χ2n) is 12.7. The summed E-state index contributed by atoms with van der Waals surface area (Å²) in [5, 5.41) is 22.4. The molecule has 1 aliphatic rings. The van der Waals surface area contributed by atoms with Crippen LogP contribution < -0.4 is 10.1 Å². The number of benzene rings is 1. The molecule has 0 saturated carbocycles. The van der Waals surface area contributed by atoms with Gasteiger partial charge in [-0.05, 0) is 80.1 Å². The topological polar surface area (TPSA) is 130 Å². The van der Waals surface area contributed by atoms with Gasteiger partial charge in [-0.15, -0.1) is 16.4 Å². The Morgan fingerprint density at radius 1 is 1.08 bits per heavy atom. The first kappa shape index (κ1) is 39.4. The summed E-state index contributed by atoms with van der Waals surface area (Å²) in [7, 11) is 0. The summed E-state index contributed by atoms with van der Waals surface area (Å²) in [6.07, 6.45) is 9.63. The minimum atomic E-state index is -0.818. The second-order valence-corrected chi connectivity index (χ2v) is 14.9. The maximum atomic E-state index is 12.4. The van der Waals surface area contributed by atoms with E-state index in [1.807, 2.05) is 24.5 Å². The summed E-state index contributed by atoms with van der Waals surface area (Å²) in [4.78, 5) is 41.2. The predicted octanol–water partition coefficient (Wildman–Crippen LogP) is 5.12. The number of hydrogen-bond donors (Lipinski definition) is 2. The number of amides is 2. The van der Waals surface area contributed by atoms with Gasteiger partial charge in [-0.3, -0.25) is 19.3 Å². The van der Waals surface area contributed by atoms with Gasteiger partial charge in [0.25, 0.3) is 0 Å². The van der Waals surface area contributed by atoms with Gasteiger partial charge in [0.2, 0.25) is 11.8 Å². The number of aliphatic carboxylic acids is 1. The number of carbonyl (C=O) groups excluding carboxylic acids is 2. The molecule has 4 rings (SSSR count). The van der Waals surface area contributed by atoms with Crippen LogP contribution >= 0.6 is 23.1 Å². The Labute approximate surface area is 305 Å². The largest absolute Gasteiger partial charge is 0.491 e. The number of ether oxygens (including phenoxy) is 1. The van der Waals surface area contributed by atoms with Crippen LogP contribution in [0.25, 0.3) is 0 Å². The maximum Gasteiger partial charge on any atom is 0.304 e. The van der Waals surface area contributed by atoms with E-state index in [0.717, 1.165) is 50.2 Å². The molecule has 1 atom stereocenters. The smallest absolute Gasteiger partial charge is 0.304 e. The normalized spacial score (nSPS) is 14.0. The van der Waals surface area contributed by atoms with Crippen molar-refractivity contribution in [2.75, 3.05) is 50.8 Å². The molecule has 11 nitrogen and oxygen atoms in total. The molecule has 1 aliphatic carbocycles. The van der Waals surface area contributed by atoms with Crippen LogP contribution in [-0.4, -0.2) is 105 Å². The molecule has 2 amide bonds. The number of carboxylic acids is 1. The Balaban J connectivity index is 1.13. The molecule has 2 heterocycles. The Kier molecular flexibility index (Phi) is 17.1. The lowest BCUT2D eigenvalue weighted by Crippen LogP contribution is -2.41. The number of thioether (sulfide) groups is 1. The average molecular weight is 727 g/mol. The van der Waals surface area contributed by atoms with Crippen molar-refractivity contribution in [1.82, 2.24) is 30.1 Å². The van der Waals surface area contributed by atoms with Crippen molar-refractivity contribution in [2.45, 2.75) is 90.6 Å². The van der Waals surface area contributed by atoms with Gasteiger partial charge < -0.3 is 20.1 Å². The van der Waals surface area contributed by atoms with E-state index in [1.165, 1.54) is 34.2 Å². The number of carboxylic acid groups (broad SMARTS) is 1. The van der Waals surface area contributed by atoms with E-state index in [2.05, 4.69) is 63.2 Å². The van der Waals surface area contributed by atoms with E-state index in [9.17, 15) is 14.4 Å². The van der Waals surface area contributed by atoms with E-state index in [-0.39, 0.29) is 18.2 Å². The lowest BCUT2D eigenvalue weighted by molar-refractivity contribution is -0.136. The van der Waals surface area contributed by atoms with Crippen molar-refractivity contribution in [3.8, 4) is 5.75 Å². The first-order valence-electron chi connectivity index (χ1n) is 18.1. The maximum absolute atomic E-state index is 12.4. The molecule has 274 valence electrons. The van der Waals surface area contributed by atoms with Gasteiger partial charge in [-0.25, -0.2) is 4.68 Å². The number of carbonyl (C=O) groups is 3. The lowest BCUT2D eigenvalue weighted by Gasteiger charge is -2.35. The zero-order valence-corrected chi connectivity index (χ0v) is 31.3. The summed E-state index contributed by atoms with van der Waals surface area (Å²) >= 11 is 3.37. The van der Waals surface area contributed by atoms with E-state index in [1.54, 1.807) is 9.58 Å². The molecule has 13 heteroatoms. The third-order valence-corrected chi connectivity index (χ3v) is 10.9. The van der Waals surface area contributed by atoms with E-state index < -0.39 is 5.97 Å². The first-order chi connectivity index (χ1) is 24.4. The number of thiophene rings is 1. The van der Waals surface area contributed by atoms with Gasteiger partial charge in [-0.2, -0.15) is 11.8 Å². The highest BCUT2D eigenvalue weighted by atomic mass is 32.2. The molecule has 0 bridgehead atoms. The molecule has 1 aromatic carbocycles. The molecule has 1 unspecified atom stereocenters. The van der Waals surface area contributed by atoms with Crippen molar-refractivity contribution >= 4 is 40.9 Å². The van der Waals surface area contributed by atoms with Crippen LogP contribution in [0.5, 0.6) is 5.75 Å². The number of fused-ring (bicyclic) bond motifs is 1. The van der Waals surface area contributed by atoms with Crippen LogP contribution in [0.2, 0.25) is 0 Å². The third-order valence-electron chi connectivity index (χ3n) is 8.99. The van der Waals surface area contributed by atoms with Crippen LogP contribution in [0.3, 0.4) is 0 Å². The second kappa shape index (κ2) is 21.7. The number of hydrogen-bond acceptors (Lipinski definition) is 9. The molecule has 2 N–H and O–H groups in total. The van der Waals surface area contributed by atoms with Crippen LogP contribution in [0, 0.1) is 0 Å². The highest BCUT2D eigenvalue weighted by molar-refractivity contribution is 7.99. The van der Waals surface area contributed by atoms with Crippen LogP contribution in [0.15, 0.2) is 41.9 Å². The van der Waals surface area contributed by atoms with Crippen molar-refractivity contribution < 1.29 is 24.2 Å². The van der Waals surface area contributed by atoms with E-state index in [4.69, 9.17) is 9.84 Å². The molecule has 0 aliphatic heterocycles. The molecule has 3 aromatic rings. The standard InChI is InChI=1S/C37H54N6O5S2/c1-3-18-41(19-15-32-10-7-24-50-32)31-13-14-33-29(27-31)8-5-11-34(33)48-23-21-43-28-30(39-40-43)9-6-12-35(44)38-17-20-42(36(45)4-2)22-26-49-25-16-37(46)47/h5,7-8,10-11,24,28,31H,3-4,6,9,12-23,25-27H2,1-2H3,(H,38,44)(H,46,47). The molecular weight excluding hydrogens is 673 g/mol. The minimum Gasteiger partial charge on any atom is -0.491 e. The van der Waals surface area contributed by atoms with Crippen molar-refractivity contribution in [2.24, 2.45) is 0 Å². The molecule has 0 saturated heterocycles. The Morgan fingerprint density at radius 3 is 2.74 bits per heavy atom. The number of rotatable bonds is 24. The van der Waals surface area contributed by atoms with E-state index in [0.29, 0.717) is 76.0 Å². The fourth-order valence-electron chi connectivity index (χ4n) is 6.35. The van der Waals surface area contributed by atoms with E-state index >= 15 is 0 Å². The molecule has 50 heavy (non-hydrogen) atoms. The molecular formula is C37H54N6O5S2. The molecule has 0 fully saturated rings. The van der Waals surface area contributed by atoms with Crippen molar-refractivity contribution in [3.05, 3.63) is 63.6 Å². The average Bonchev–Trinajstić information content (AvgIpc) is 3.81. The summed E-state index contributed by atoms with van der Waals surface area (Å²) in [6, 6.07) is 11.4. The minimum absolute atomic E-state index is 0.0261. The Hall–Kier alpha value is -3.42. The summed E-state index contributed by atoms with van der Waals surface area (Å²) in [5.41, 5.74) is 3.59. The van der Waals surface area contributed by atoms with Gasteiger partial charge in [0.05, 0.1) is 18.7 Å². The van der Waals surface area contributed by atoms with Crippen LogP contribution in [0.1, 0.15) is 74.1 Å². The quantitative estimate of drug-likeness (QED) is 0.121. The first-order valence-corrected chi connectivity index (χ1v) is 20.1. The van der Waals surface area contributed by atoms with Gasteiger partial charge in [-0.1, -0.05) is 37.3 Å². The predicted molar refractivity (Wildman–Crippen MR) is 200 cm³/mol. The van der Waals surface area contributed by atoms with Gasteiger partial charge in [0.15, 0.2) is 0 Å². The number of nitrogens with one attached hydrogen (secondary N) is 1. The third kappa shape index (κ3) is 13.4. The number of aryl methyl sites for hydroxylation is 1. The zero-order chi connectivity index (χ0) is 35.6. The van der Waals surface area contributed by atoms with Gasteiger partial charge >= 0.3 is 5.97 Å². The summed E-state index contributed by atoms with van der Waals surface area (Å²) in [5.74, 6) is 1.32. The summed E-state index contributed by atoms with van der Waals surface area (Å²) < 4.78 is 8.09. The number of aromatic nitrogens is 3. The zero-order valence-electron chi connectivity index (χ0n) is 29.7. The highest BCUT2D eigenvalue weighted by Gasteiger charge is 2.26. The van der Waals surface area contributed by atoms with Crippen molar-refractivity contribution in [1.29, 1.82) is 0 Å².